The molecule has 1 heteroatoms. The molecule has 1 aromatic carbocycles. The molecule has 1 nitrogen and oxygen atoms in total. The fourth-order valence-electron chi connectivity index (χ4n) is 2.71. The first-order valence-electron chi connectivity index (χ1n) is 6.16. The van der Waals surface area contributed by atoms with E-state index in [1.807, 2.05) is 0 Å². The second kappa shape index (κ2) is 4.84. The van der Waals surface area contributed by atoms with Crippen molar-refractivity contribution in [3.8, 4) is 0 Å². The molecule has 0 bridgehead atoms. The van der Waals surface area contributed by atoms with Crippen LogP contribution in [0.25, 0.3) is 5.57 Å². The molecule has 0 radical (unpaired) electrons. The number of nitrogens with one attached hydrogen (secondary N) is 1. The number of hydrogen-bond acceptors (Lipinski definition) is 1. The minimum Gasteiger partial charge on any atom is -0.316 e. The Hall–Kier alpha value is -1.08. The molecule has 0 fully saturated rings. The lowest BCUT2D eigenvalue weighted by atomic mass is 9.92. The summed E-state index contributed by atoms with van der Waals surface area (Å²) in [6.45, 7) is 8.86. The van der Waals surface area contributed by atoms with Gasteiger partial charge in [0, 0.05) is 0 Å². The van der Waals surface area contributed by atoms with Crippen molar-refractivity contribution in [1.82, 2.24) is 5.32 Å². The van der Waals surface area contributed by atoms with Crippen molar-refractivity contribution >= 4 is 5.57 Å². The van der Waals surface area contributed by atoms with Gasteiger partial charge in [-0.1, -0.05) is 23.8 Å². The minimum atomic E-state index is 1.11. The van der Waals surface area contributed by atoms with Crippen molar-refractivity contribution in [3.05, 3.63) is 40.5 Å². The van der Waals surface area contributed by atoms with Gasteiger partial charge in [-0.2, -0.15) is 0 Å². The van der Waals surface area contributed by atoms with Crippen molar-refractivity contribution in [1.29, 1.82) is 0 Å². The Morgan fingerprint density at radius 1 is 1.00 bits per heavy atom. The molecule has 16 heavy (non-hydrogen) atoms. The Morgan fingerprint density at radius 2 is 1.69 bits per heavy atom. The molecule has 0 amide bonds. The van der Waals surface area contributed by atoms with Crippen LogP contribution in [0.1, 0.15) is 35.1 Å². The van der Waals surface area contributed by atoms with Crippen LogP contribution in [0.4, 0.5) is 0 Å². The van der Waals surface area contributed by atoms with Gasteiger partial charge in [0.05, 0.1) is 0 Å². The molecule has 1 aliphatic rings. The van der Waals surface area contributed by atoms with Crippen LogP contribution in [0.2, 0.25) is 0 Å². The predicted molar refractivity (Wildman–Crippen MR) is 70.7 cm³/mol. The largest absolute Gasteiger partial charge is 0.316 e. The van der Waals surface area contributed by atoms with E-state index in [2.05, 4.69) is 44.3 Å². The summed E-state index contributed by atoms with van der Waals surface area (Å²) in [4.78, 5) is 0. The van der Waals surface area contributed by atoms with E-state index in [4.69, 9.17) is 0 Å². The lowest BCUT2D eigenvalue weighted by Crippen LogP contribution is -2.14. The molecule has 86 valence electrons. The molecule has 0 unspecified atom stereocenters. The second-order valence-corrected chi connectivity index (χ2v) is 4.79. The predicted octanol–water partition coefficient (Wildman–Crippen LogP) is 3.38. The summed E-state index contributed by atoms with van der Waals surface area (Å²) in [7, 11) is 0. The maximum Gasteiger partial charge on any atom is -0.000812 e. The highest BCUT2D eigenvalue weighted by Crippen LogP contribution is 2.27. The molecular weight excluding hydrogens is 194 g/mol. The fourth-order valence-corrected chi connectivity index (χ4v) is 2.71. The lowest BCUT2D eigenvalue weighted by Gasteiger charge is -2.14. The van der Waals surface area contributed by atoms with E-state index in [1.54, 1.807) is 0 Å². The maximum atomic E-state index is 3.45. The summed E-state index contributed by atoms with van der Waals surface area (Å²) >= 11 is 0. The zero-order valence-electron chi connectivity index (χ0n) is 10.6. The van der Waals surface area contributed by atoms with Gasteiger partial charge in [0.15, 0.2) is 0 Å². The van der Waals surface area contributed by atoms with Crippen LogP contribution in [-0.2, 0) is 0 Å². The van der Waals surface area contributed by atoms with Crippen LogP contribution in [-0.4, -0.2) is 13.1 Å². The van der Waals surface area contributed by atoms with E-state index in [1.165, 1.54) is 27.8 Å². The number of hydrogen-bond donors (Lipinski definition) is 1. The summed E-state index contributed by atoms with van der Waals surface area (Å²) < 4.78 is 0. The van der Waals surface area contributed by atoms with Gasteiger partial charge in [-0.05, 0) is 69.0 Å². The zero-order valence-corrected chi connectivity index (χ0v) is 10.6. The normalized spacial score (nSPS) is 16.8. The van der Waals surface area contributed by atoms with Crippen LogP contribution in [0.15, 0.2) is 18.2 Å². The molecular formula is C15H21N. The first kappa shape index (κ1) is 11.4. The van der Waals surface area contributed by atoms with Gasteiger partial charge in [0.1, 0.15) is 0 Å². The summed E-state index contributed by atoms with van der Waals surface area (Å²) in [5, 5.41) is 3.45. The number of rotatable bonds is 1. The van der Waals surface area contributed by atoms with Crippen molar-refractivity contribution < 1.29 is 0 Å². The second-order valence-electron chi connectivity index (χ2n) is 4.79. The molecule has 1 heterocycles. The highest BCUT2D eigenvalue weighted by atomic mass is 14.8. The van der Waals surface area contributed by atoms with Crippen LogP contribution in [0.3, 0.4) is 0 Å². The summed E-state index contributed by atoms with van der Waals surface area (Å²) in [6, 6.07) is 4.59. The summed E-state index contributed by atoms with van der Waals surface area (Å²) in [5.74, 6) is 0. The lowest BCUT2D eigenvalue weighted by molar-refractivity contribution is 0.718. The Balaban J connectivity index is 2.42. The molecule has 1 aromatic rings. The van der Waals surface area contributed by atoms with E-state index in [-0.39, 0.29) is 0 Å². The first-order valence-corrected chi connectivity index (χ1v) is 6.16. The smallest absolute Gasteiger partial charge is 0.000812 e. The SMILES string of the molecule is Cc1cc(C)c(C2=CCCNCC2)c(C)c1. The average molecular weight is 215 g/mol. The topological polar surface area (TPSA) is 12.0 Å². The Labute approximate surface area is 98.6 Å². The van der Waals surface area contributed by atoms with Gasteiger partial charge in [-0.15, -0.1) is 0 Å². The Morgan fingerprint density at radius 3 is 2.38 bits per heavy atom. The van der Waals surface area contributed by atoms with Crippen LogP contribution in [0, 0.1) is 20.8 Å². The highest BCUT2D eigenvalue weighted by Gasteiger charge is 2.10. The molecule has 0 aromatic heterocycles. The van der Waals surface area contributed by atoms with E-state index in [9.17, 15) is 0 Å². The standard InChI is InChI=1S/C15H21N/c1-11-9-12(2)15(13(3)10-11)14-5-4-7-16-8-6-14/h5,9-10,16H,4,6-8H2,1-3H3. The number of benzene rings is 1. The third-order valence-corrected chi connectivity index (χ3v) is 3.28. The van der Waals surface area contributed by atoms with Crippen molar-refractivity contribution in [2.24, 2.45) is 0 Å². The molecule has 1 aliphatic heterocycles. The molecule has 1 N–H and O–H groups in total. The van der Waals surface area contributed by atoms with Gasteiger partial charge >= 0.3 is 0 Å². The fraction of sp³-hybridized carbons (Fsp3) is 0.467. The van der Waals surface area contributed by atoms with E-state index < -0.39 is 0 Å². The van der Waals surface area contributed by atoms with Gasteiger partial charge in [-0.3, -0.25) is 0 Å². The maximum absolute atomic E-state index is 3.45. The van der Waals surface area contributed by atoms with Gasteiger partial charge in [0.25, 0.3) is 0 Å². The Kier molecular flexibility index (Phi) is 3.45. The van der Waals surface area contributed by atoms with Crippen molar-refractivity contribution in [2.45, 2.75) is 33.6 Å². The first-order chi connectivity index (χ1) is 7.68. The van der Waals surface area contributed by atoms with Crippen LogP contribution >= 0.6 is 0 Å². The van der Waals surface area contributed by atoms with Crippen LogP contribution < -0.4 is 5.32 Å². The quantitative estimate of drug-likeness (QED) is 0.757. The van der Waals surface area contributed by atoms with Crippen LogP contribution in [0.5, 0.6) is 0 Å². The average Bonchev–Trinajstić information content (AvgIpc) is 2.44. The van der Waals surface area contributed by atoms with E-state index in [0.717, 1.165) is 25.9 Å². The monoisotopic (exact) mass is 215 g/mol. The van der Waals surface area contributed by atoms with Crippen molar-refractivity contribution in [2.75, 3.05) is 13.1 Å². The zero-order chi connectivity index (χ0) is 11.5. The minimum absolute atomic E-state index is 1.11. The molecule has 0 saturated carbocycles. The highest BCUT2D eigenvalue weighted by molar-refractivity contribution is 5.71. The van der Waals surface area contributed by atoms with Gasteiger partial charge in [-0.25, -0.2) is 0 Å². The summed E-state index contributed by atoms with van der Waals surface area (Å²) in [6.07, 6.45) is 4.72. The molecule has 0 spiro atoms. The molecule has 0 atom stereocenters. The van der Waals surface area contributed by atoms with Crippen molar-refractivity contribution in [3.63, 3.8) is 0 Å². The molecule has 0 aliphatic carbocycles. The molecule has 2 rings (SSSR count). The molecule has 0 saturated heterocycles. The van der Waals surface area contributed by atoms with E-state index in [0.29, 0.717) is 0 Å². The van der Waals surface area contributed by atoms with Gasteiger partial charge < -0.3 is 5.32 Å². The Bertz CT molecular complexity index is 392. The third kappa shape index (κ3) is 2.35. The van der Waals surface area contributed by atoms with E-state index >= 15 is 0 Å². The third-order valence-electron chi connectivity index (χ3n) is 3.28. The number of aryl methyl sites for hydroxylation is 3. The summed E-state index contributed by atoms with van der Waals surface area (Å²) in [5.41, 5.74) is 7.22. The van der Waals surface area contributed by atoms with Gasteiger partial charge in [0.2, 0.25) is 0 Å².